The molecule has 45 heavy (non-hydrogen) atoms. The zero-order valence-corrected chi connectivity index (χ0v) is 28.3. The summed E-state index contributed by atoms with van der Waals surface area (Å²) in [6.45, 7) is 9.55. The first-order valence-corrected chi connectivity index (χ1v) is 17.4. The minimum atomic E-state index is -0.990. The number of aliphatic hydroxyl groups is 1. The number of carbonyl (C=O) groups excluding carboxylic acids is 3. The number of nitrogens with one attached hydrogen (secondary N) is 4. The summed E-state index contributed by atoms with van der Waals surface area (Å²) in [7, 11) is 0. The Kier molecular flexibility index (Phi) is 14.7. The quantitative estimate of drug-likeness (QED) is 0.177. The molecule has 250 valence electrons. The highest BCUT2D eigenvalue weighted by atomic mass is 32.2. The lowest BCUT2D eigenvalue weighted by Gasteiger charge is -2.32. The molecule has 10 nitrogen and oxygen atoms in total. The van der Waals surface area contributed by atoms with Gasteiger partial charge in [0.25, 0.3) is 0 Å². The van der Waals surface area contributed by atoms with Crippen LogP contribution in [0, 0.1) is 11.8 Å². The van der Waals surface area contributed by atoms with E-state index in [0.29, 0.717) is 29.7 Å². The van der Waals surface area contributed by atoms with Crippen LogP contribution in [0.15, 0.2) is 42.9 Å². The van der Waals surface area contributed by atoms with Crippen LogP contribution in [-0.2, 0) is 27.2 Å². The fourth-order valence-corrected chi connectivity index (χ4v) is 6.61. The minimum absolute atomic E-state index is 0.163. The SMILES string of the molecule is CC(C)CSC[C@H](O)[C@H](CC1CCCCC1)NC(=O)[C@H](Cc1cnc[nH]1)NC(=O)[C@H](Cc1ccccc1)NC(=O)OC(C)(C)C. The van der Waals surface area contributed by atoms with E-state index in [9.17, 15) is 19.5 Å². The Hall–Kier alpha value is -3.05. The lowest BCUT2D eigenvalue weighted by molar-refractivity contribution is -0.130. The van der Waals surface area contributed by atoms with E-state index >= 15 is 0 Å². The maximum atomic E-state index is 13.9. The van der Waals surface area contributed by atoms with Crippen LogP contribution >= 0.6 is 11.8 Å². The number of nitrogens with zero attached hydrogens (tertiary/aromatic N) is 1. The van der Waals surface area contributed by atoms with Gasteiger partial charge in [-0.1, -0.05) is 76.3 Å². The number of benzene rings is 1. The van der Waals surface area contributed by atoms with Crippen molar-refractivity contribution in [3.8, 4) is 0 Å². The molecule has 0 saturated heterocycles. The van der Waals surface area contributed by atoms with Gasteiger partial charge in [0.2, 0.25) is 11.8 Å². The number of hydrogen-bond donors (Lipinski definition) is 5. The topological polar surface area (TPSA) is 145 Å². The van der Waals surface area contributed by atoms with E-state index in [1.807, 2.05) is 30.3 Å². The molecule has 1 aliphatic rings. The number of ether oxygens (including phenoxy) is 1. The van der Waals surface area contributed by atoms with Crippen molar-refractivity contribution in [1.29, 1.82) is 0 Å². The van der Waals surface area contributed by atoms with Crippen LogP contribution in [0.2, 0.25) is 0 Å². The molecule has 4 atom stereocenters. The lowest BCUT2D eigenvalue weighted by atomic mass is 9.83. The Bertz CT molecular complexity index is 1170. The largest absolute Gasteiger partial charge is 0.444 e. The second-order valence-corrected chi connectivity index (χ2v) is 14.7. The molecule has 1 saturated carbocycles. The fraction of sp³-hybridized carbons (Fsp3) is 0.647. The number of alkyl carbamates (subject to hydrolysis) is 1. The van der Waals surface area contributed by atoms with Crippen molar-refractivity contribution in [3.05, 3.63) is 54.1 Å². The molecule has 1 aromatic heterocycles. The Labute approximate surface area is 272 Å². The summed E-state index contributed by atoms with van der Waals surface area (Å²) in [6.07, 6.45) is 8.48. The smallest absolute Gasteiger partial charge is 0.408 e. The third-order valence-corrected chi connectivity index (χ3v) is 9.23. The molecule has 3 amide bonds. The molecular formula is C34H53N5O5S. The lowest BCUT2D eigenvalue weighted by Crippen LogP contribution is -2.58. The molecule has 0 spiro atoms. The maximum Gasteiger partial charge on any atom is 0.408 e. The average molecular weight is 644 g/mol. The van der Waals surface area contributed by atoms with E-state index in [1.165, 1.54) is 12.7 Å². The first kappa shape index (κ1) is 36.4. The number of carbonyl (C=O) groups is 3. The summed E-state index contributed by atoms with van der Waals surface area (Å²) < 4.78 is 5.44. The van der Waals surface area contributed by atoms with Gasteiger partial charge in [-0.2, -0.15) is 11.8 Å². The third-order valence-electron chi connectivity index (χ3n) is 7.75. The monoisotopic (exact) mass is 643 g/mol. The van der Waals surface area contributed by atoms with E-state index in [2.05, 4.69) is 39.8 Å². The molecule has 1 fully saturated rings. The van der Waals surface area contributed by atoms with Crippen LogP contribution in [-0.4, -0.2) is 74.3 Å². The Morgan fingerprint density at radius 2 is 1.64 bits per heavy atom. The molecule has 0 unspecified atom stereocenters. The van der Waals surface area contributed by atoms with Crippen LogP contribution in [0.1, 0.15) is 84.4 Å². The van der Waals surface area contributed by atoms with Crippen molar-refractivity contribution in [2.75, 3.05) is 11.5 Å². The number of amides is 3. The Balaban J connectivity index is 1.80. The summed E-state index contributed by atoms with van der Waals surface area (Å²) >= 11 is 1.69. The molecule has 11 heteroatoms. The van der Waals surface area contributed by atoms with Gasteiger partial charge in [0.1, 0.15) is 17.7 Å². The van der Waals surface area contributed by atoms with Gasteiger partial charge in [0.15, 0.2) is 0 Å². The predicted octanol–water partition coefficient (Wildman–Crippen LogP) is 4.78. The molecule has 2 aromatic rings. The summed E-state index contributed by atoms with van der Waals surface area (Å²) in [5.74, 6) is 1.48. The van der Waals surface area contributed by atoms with E-state index in [-0.39, 0.29) is 18.7 Å². The van der Waals surface area contributed by atoms with Gasteiger partial charge in [-0.15, -0.1) is 0 Å². The number of thioether (sulfide) groups is 1. The highest BCUT2D eigenvalue weighted by molar-refractivity contribution is 7.99. The van der Waals surface area contributed by atoms with Crippen molar-refractivity contribution < 1.29 is 24.2 Å². The molecule has 5 N–H and O–H groups in total. The van der Waals surface area contributed by atoms with Gasteiger partial charge < -0.3 is 30.8 Å². The number of imidazole rings is 1. The van der Waals surface area contributed by atoms with Crippen molar-refractivity contribution in [3.63, 3.8) is 0 Å². The molecule has 0 bridgehead atoms. The maximum absolute atomic E-state index is 13.9. The number of aromatic nitrogens is 2. The highest BCUT2D eigenvalue weighted by Gasteiger charge is 2.32. The number of aromatic amines is 1. The second-order valence-electron chi connectivity index (χ2n) is 13.6. The van der Waals surface area contributed by atoms with Crippen LogP contribution in [0.3, 0.4) is 0 Å². The minimum Gasteiger partial charge on any atom is -0.444 e. The Morgan fingerprint density at radius 3 is 2.27 bits per heavy atom. The summed E-state index contributed by atoms with van der Waals surface area (Å²) in [5, 5.41) is 20.0. The van der Waals surface area contributed by atoms with Crippen LogP contribution in [0.5, 0.6) is 0 Å². The third kappa shape index (κ3) is 13.9. The standard InChI is InChI=1S/C34H53N5O5S/c1-23(2)20-45-21-30(40)27(16-24-12-8-6-9-13-24)37-32(42)29(18-26-19-35-22-36-26)38-31(41)28(17-25-14-10-7-11-15-25)39-33(43)44-34(3,4)5/h7,10-11,14-15,19,22-24,27-30,40H,6,8-9,12-13,16-18,20-21H2,1-5H3,(H,35,36)(H,37,42)(H,38,41)(H,39,43)/t27-,28-,29-,30-/m0/s1. The summed E-state index contributed by atoms with van der Waals surface area (Å²) in [5.41, 5.74) is 0.771. The summed E-state index contributed by atoms with van der Waals surface area (Å²) in [4.78, 5) is 47.6. The Morgan fingerprint density at radius 1 is 0.978 bits per heavy atom. The zero-order chi connectivity index (χ0) is 32.8. The predicted molar refractivity (Wildman–Crippen MR) is 179 cm³/mol. The van der Waals surface area contributed by atoms with Crippen LogP contribution in [0.4, 0.5) is 4.79 Å². The fourth-order valence-electron chi connectivity index (χ4n) is 5.52. The second kappa shape index (κ2) is 18.2. The number of H-pyrrole nitrogens is 1. The average Bonchev–Trinajstić information content (AvgIpc) is 3.49. The van der Waals surface area contributed by atoms with Gasteiger partial charge >= 0.3 is 6.09 Å². The molecule has 3 rings (SSSR count). The van der Waals surface area contributed by atoms with Crippen LogP contribution in [0.25, 0.3) is 0 Å². The van der Waals surface area contributed by atoms with E-state index in [1.54, 1.807) is 38.7 Å². The first-order valence-electron chi connectivity index (χ1n) is 16.3. The van der Waals surface area contributed by atoms with Gasteiger partial charge in [-0.05, 0) is 50.3 Å². The van der Waals surface area contributed by atoms with Crippen molar-refractivity contribution in [2.24, 2.45) is 11.8 Å². The van der Waals surface area contributed by atoms with E-state index in [0.717, 1.165) is 37.0 Å². The van der Waals surface area contributed by atoms with Gasteiger partial charge in [-0.3, -0.25) is 9.59 Å². The number of aliphatic hydroxyl groups excluding tert-OH is 1. The zero-order valence-electron chi connectivity index (χ0n) is 27.5. The first-order chi connectivity index (χ1) is 21.4. The van der Waals surface area contributed by atoms with Gasteiger partial charge in [-0.25, -0.2) is 9.78 Å². The van der Waals surface area contributed by atoms with Crippen molar-refractivity contribution in [1.82, 2.24) is 25.9 Å². The highest BCUT2D eigenvalue weighted by Crippen LogP contribution is 2.28. The molecular weight excluding hydrogens is 590 g/mol. The number of rotatable bonds is 16. The molecule has 0 radical (unpaired) electrons. The molecule has 1 heterocycles. The van der Waals surface area contributed by atoms with Gasteiger partial charge in [0.05, 0.1) is 18.5 Å². The van der Waals surface area contributed by atoms with E-state index in [4.69, 9.17) is 4.74 Å². The van der Waals surface area contributed by atoms with Gasteiger partial charge in [0, 0.05) is 30.5 Å². The van der Waals surface area contributed by atoms with Crippen molar-refractivity contribution >= 4 is 29.7 Å². The molecule has 1 aromatic carbocycles. The van der Waals surface area contributed by atoms with Crippen molar-refractivity contribution in [2.45, 2.75) is 116 Å². The molecule has 0 aliphatic heterocycles. The molecule has 1 aliphatic carbocycles. The normalized spacial score (nSPS) is 16.8. The van der Waals surface area contributed by atoms with Crippen LogP contribution < -0.4 is 16.0 Å². The number of hydrogen-bond acceptors (Lipinski definition) is 7. The summed E-state index contributed by atoms with van der Waals surface area (Å²) in [6, 6.07) is 6.95. The van der Waals surface area contributed by atoms with E-state index < -0.39 is 41.8 Å².